The van der Waals surface area contributed by atoms with E-state index >= 15 is 0 Å². The second-order valence-corrected chi connectivity index (χ2v) is 5.25. The molecule has 3 rings (SSSR count). The molecule has 1 saturated heterocycles. The number of para-hydroxylation sites is 2. The van der Waals surface area contributed by atoms with Gasteiger partial charge in [0.2, 0.25) is 0 Å². The third kappa shape index (κ3) is 3.94. The summed E-state index contributed by atoms with van der Waals surface area (Å²) in [6.07, 6.45) is 7.26. The Balaban J connectivity index is 1.52. The van der Waals surface area contributed by atoms with Gasteiger partial charge in [0.15, 0.2) is 0 Å². The van der Waals surface area contributed by atoms with Crippen molar-refractivity contribution in [3.63, 3.8) is 0 Å². The highest BCUT2D eigenvalue weighted by Gasteiger charge is 2.17. The van der Waals surface area contributed by atoms with Gasteiger partial charge in [0.25, 0.3) is 0 Å². The van der Waals surface area contributed by atoms with Crippen LogP contribution in [0.15, 0.2) is 58.3 Å². The molecule has 0 saturated carbocycles. The summed E-state index contributed by atoms with van der Waals surface area (Å²) in [4.78, 5) is 2.34. The fourth-order valence-corrected chi connectivity index (χ4v) is 2.60. The van der Waals surface area contributed by atoms with Gasteiger partial charge in [-0.3, -0.25) is 5.01 Å². The van der Waals surface area contributed by atoms with Crippen LogP contribution < -0.4 is 9.64 Å². The number of nitrogens with zero attached hydrogens (tertiary/aromatic N) is 3. The number of benzene rings is 1. The normalized spacial score (nSPS) is 15.7. The number of methoxy groups -OCH3 is 1. The molecule has 1 aliphatic heterocycles. The molecule has 5 heteroatoms. The molecule has 2 heterocycles. The quantitative estimate of drug-likeness (QED) is 0.796. The van der Waals surface area contributed by atoms with E-state index in [1.165, 1.54) is 0 Å². The molecule has 1 aromatic heterocycles. The van der Waals surface area contributed by atoms with E-state index < -0.39 is 0 Å². The van der Waals surface area contributed by atoms with Gasteiger partial charge in [-0.2, -0.15) is 5.10 Å². The fourth-order valence-electron chi connectivity index (χ4n) is 2.60. The molecule has 0 atom stereocenters. The second kappa shape index (κ2) is 7.54. The van der Waals surface area contributed by atoms with Crippen LogP contribution in [0.3, 0.4) is 0 Å². The van der Waals surface area contributed by atoms with Crippen molar-refractivity contribution in [2.24, 2.45) is 5.10 Å². The van der Waals surface area contributed by atoms with Gasteiger partial charge < -0.3 is 14.1 Å². The number of allylic oxidation sites excluding steroid dienone is 1. The van der Waals surface area contributed by atoms with E-state index in [0.29, 0.717) is 0 Å². The summed E-state index contributed by atoms with van der Waals surface area (Å²) >= 11 is 0. The molecule has 1 aliphatic rings. The van der Waals surface area contributed by atoms with Gasteiger partial charge in [0.1, 0.15) is 11.5 Å². The topological polar surface area (TPSA) is 41.2 Å². The highest BCUT2D eigenvalue weighted by molar-refractivity contribution is 5.77. The van der Waals surface area contributed by atoms with Gasteiger partial charge in [-0.1, -0.05) is 12.1 Å². The molecule has 0 amide bonds. The highest BCUT2D eigenvalue weighted by atomic mass is 16.5. The Labute approximate surface area is 136 Å². The maximum absolute atomic E-state index is 5.44. The molecule has 0 N–H and O–H groups in total. The third-order valence-electron chi connectivity index (χ3n) is 3.80. The minimum absolute atomic E-state index is 0.831. The molecule has 0 bridgehead atoms. The lowest BCUT2D eigenvalue weighted by molar-refractivity contribution is 0.271. The first kappa shape index (κ1) is 15.2. The lowest BCUT2D eigenvalue weighted by atomic mass is 10.2. The molecule has 5 nitrogen and oxygen atoms in total. The van der Waals surface area contributed by atoms with Gasteiger partial charge in [-0.15, -0.1) is 0 Å². The van der Waals surface area contributed by atoms with Gasteiger partial charge in [-0.25, -0.2) is 0 Å². The van der Waals surface area contributed by atoms with Crippen LogP contribution in [-0.2, 0) is 0 Å². The zero-order chi connectivity index (χ0) is 15.9. The molecule has 120 valence electrons. The number of anilines is 1. The van der Waals surface area contributed by atoms with Crippen molar-refractivity contribution in [3.8, 4) is 5.75 Å². The van der Waals surface area contributed by atoms with Crippen LogP contribution in [0.4, 0.5) is 5.69 Å². The minimum atomic E-state index is 0.831. The summed E-state index contributed by atoms with van der Waals surface area (Å²) in [7, 11) is 1.71. The number of furan rings is 1. The number of rotatable bonds is 5. The molecule has 0 unspecified atom stereocenters. The predicted octanol–water partition coefficient (Wildman–Crippen LogP) is 3.11. The van der Waals surface area contributed by atoms with Crippen molar-refractivity contribution in [1.82, 2.24) is 5.01 Å². The predicted molar refractivity (Wildman–Crippen MR) is 93.0 cm³/mol. The minimum Gasteiger partial charge on any atom is -0.495 e. The van der Waals surface area contributed by atoms with E-state index in [-0.39, 0.29) is 0 Å². The summed E-state index contributed by atoms with van der Waals surface area (Å²) in [5.74, 6) is 1.75. The molecule has 0 aliphatic carbocycles. The van der Waals surface area contributed by atoms with Crippen LogP contribution in [0.5, 0.6) is 5.75 Å². The van der Waals surface area contributed by atoms with Crippen molar-refractivity contribution in [2.75, 3.05) is 38.2 Å². The molecular weight excluding hydrogens is 290 g/mol. The van der Waals surface area contributed by atoms with E-state index in [1.54, 1.807) is 19.6 Å². The number of hydrazone groups is 1. The Kier molecular flexibility index (Phi) is 4.99. The van der Waals surface area contributed by atoms with Crippen molar-refractivity contribution >= 4 is 18.0 Å². The highest BCUT2D eigenvalue weighted by Crippen LogP contribution is 2.28. The average Bonchev–Trinajstić information content (AvgIpc) is 3.13. The van der Waals surface area contributed by atoms with Crippen LogP contribution >= 0.6 is 0 Å². The first-order valence-electron chi connectivity index (χ1n) is 7.74. The van der Waals surface area contributed by atoms with Crippen LogP contribution in [0.2, 0.25) is 0 Å². The summed E-state index contributed by atoms with van der Waals surface area (Å²) in [6.45, 7) is 3.64. The van der Waals surface area contributed by atoms with Gasteiger partial charge >= 0.3 is 0 Å². The summed E-state index contributed by atoms with van der Waals surface area (Å²) in [5, 5.41) is 6.56. The van der Waals surface area contributed by atoms with Gasteiger partial charge in [0.05, 0.1) is 32.1 Å². The van der Waals surface area contributed by atoms with Crippen LogP contribution in [0.25, 0.3) is 6.08 Å². The van der Waals surface area contributed by atoms with E-state index in [0.717, 1.165) is 43.4 Å². The Morgan fingerprint density at radius 2 is 1.91 bits per heavy atom. The summed E-state index contributed by atoms with van der Waals surface area (Å²) in [5.41, 5.74) is 1.15. The lowest BCUT2D eigenvalue weighted by Crippen LogP contribution is -2.44. The summed E-state index contributed by atoms with van der Waals surface area (Å²) < 4.78 is 10.7. The zero-order valence-corrected chi connectivity index (χ0v) is 13.3. The maximum Gasteiger partial charge on any atom is 0.142 e. The number of piperazine rings is 1. The van der Waals surface area contributed by atoms with Crippen molar-refractivity contribution in [1.29, 1.82) is 0 Å². The van der Waals surface area contributed by atoms with E-state index in [2.05, 4.69) is 21.1 Å². The molecule has 1 fully saturated rings. The largest absolute Gasteiger partial charge is 0.495 e. The molecule has 2 aromatic rings. The maximum atomic E-state index is 5.44. The summed E-state index contributed by atoms with van der Waals surface area (Å²) in [6, 6.07) is 11.9. The van der Waals surface area contributed by atoms with Crippen LogP contribution in [-0.4, -0.2) is 44.5 Å². The van der Waals surface area contributed by atoms with E-state index in [4.69, 9.17) is 9.15 Å². The standard InChI is InChI=1S/C18H21N3O2/c1-22-18-9-3-2-8-17(18)20-11-13-21(14-12-20)19-10-4-6-16-7-5-15-23-16/h2-10,15H,11-14H2,1H3/b6-4-,19-10+. The molecular formula is C18H21N3O2. The van der Waals surface area contributed by atoms with E-state index in [9.17, 15) is 0 Å². The van der Waals surface area contributed by atoms with Crippen molar-refractivity contribution < 1.29 is 9.15 Å². The van der Waals surface area contributed by atoms with Crippen LogP contribution in [0.1, 0.15) is 5.76 Å². The Morgan fingerprint density at radius 3 is 2.65 bits per heavy atom. The first-order chi connectivity index (χ1) is 11.4. The monoisotopic (exact) mass is 311 g/mol. The number of hydrogen-bond acceptors (Lipinski definition) is 5. The molecule has 1 aromatic carbocycles. The molecule has 23 heavy (non-hydrogen) atoms. The fraction of sp³-hybridized carbons (Fsp3) is 0.278. The lowest BCUT2D eigenvalue weighted by Gasteiger charge is -2.35. The molecule has 0 radical (unpaired) electrons. The third-order valence-corrected chi connectivity index (χ3v) is 3.80. The Hall–Kier alpha value is -2.69. The molecule has 0 spiro atoms. The zero-order valence-electron chi connectivity index (χ0n) is 13.3. The van der Waals surface area contributed by atoms with Crippen LogP contribution in [0, 0.1) is 0 Å². The second-order valence-electron chi connectivity index (χ2n) is 5.25. The number of ether oxygens (including phenoxy) is 1. The van der Waals surface area contributed by atoms with Crippen molar-refractivity contribution in [3.05, 3.63) is 54.5 Å². The Bertz CT molecular complexity index is 657. The van der Waals surface area contributed by atoms with Gasteiger partial charge in [0, 0.05) is 19.3 Å². The van der Waals surface area contributed by atoms with Gasteiger partial charge in [-0.05, 0) is 36.4 Å². The van der Waals surface area contributed by atoms with Crippen molar-refractivity contribution in [2.45, 2.75) is 0 Å². The Morgan fingerprint density at radius 1 is 1.09 bits per heavy atom. The smallest absolute Gasteiger partial charge is 0.142 e. The first-order valence-corrected chi connectivity index (χ1v) is 7.74. The SMILES string of the molecule is COc1ccccc1N1CCN(/N=C/C=C\c2ccco2)CC1. The number of hydrogen-bond donors (Lipinski definition) is 0. The van der Waals surface area contributed by atoms with E-state index in [1.807, 2.05) is 42.5 Å². The average molecular weight is 311 g/mol.